The SMILES string of the molecule is N#Cc1ccc(S(=O)(=O)Nc2ccc(N)cc2F)c(Cl)c1. The number of benzene rings is 2. The van der Waals surface area contributed by atoms with Gasteiger partial charge in [-0.3, -0.25) is 4.72 Å². The Morgan fingerprint density at radius 3 is 2.52 bits per heavy atom. The summed E-state index contributed by atoms with van der Waals surface area (Å²) in [5.74, 6) is -0.802. The summed E-state index contributed by atoms with van der Waals surface area (Å²) in [4.78, 5) is -0.251. The van der Waals surface area contributed by atoms with E-state index in [0.717, 1.165) is 6.07 Å². The lowest BCUT2D eigenvalue weighted by Gasteiger charge is -2.10. The standard InChI is InChI=1S/C13H9ClFN3O2S/c14-10-5-8(7-16)1-4-13(10)21(19,20)18-12-3-2-9(17)6-11(12)15/h1-6,18H,17H2. The fourth-order valence-electron chi connectivity index (χ4n) is 1.60. The van der Waals surface area contributed by atoms with E-state index in [1.54, 1.807) is 0 Å². The lowest BCUT2D eigenvalue weighted by atomic mass is 10.2. The Hall–Kier alpha value is -2.30. The molecule has 0 unspecified atom stereocenters. The molecule has 2 rings (SSSR count). The van der Waals surface area contributed by atoms with Crippen LogP contribution < -0.4 is 10.5 Å². The van der Waals surface area contributed by atoms with Gasteiger partial charge in [-0.25, -0.2) is 12.8 Å². The number of halogens is 2. The quantitative estimate of drug-likeness (QED) is 0.848. The van der Waals surface area contributed by atoms with Crippen molar-refractivity contribution in [2.45, 2.75) is 4.90 Å². The number of sulfonamides is 1. The molecule has 0 fully saturated rings. The Balaban J connectivity index is 2.41. The van der Waals surface area contributed by atoms with Crippen molar-refractivity contribution in [1.82, 2.24) is 0 Å². The summed E-state index contributed by atoms with van der Waals surface area (Å²) in [5, 5.41) is 8.59. The maximum absolute atomic E-state index is 13.6. The van der Waals surface area contributed by atoms with E-state index in [-0.39, 0.29) is 26.9 Å². The average molecular weight is 326 g/mol. The summed E-state index contributed by atoms with van der Waals surface area (Å²) in [6.07, 6.45) is 0. The van der Waals surface area contributed by atoms with E-state index >= 15 is 0 Å². The van der Waals surface area contributed by atoms with Gasteiger partial charge in [-0.05, 0) is 36.4 Å². The van der Waals surface area contributed by atoms with Gasteiger partial charge in [-0.2, -0.15) is 5.26 Å². The predicted octanol–water partition coefficient (Wildman–Crippen LogP) is 2.73. The molecule has 2 aromatic rings. The fourth-order valence-corrected chi connectivity index (χ4v) is 3.22. The summed E-state index contributed by atoms with van der Waals surface area (Å²) in [6.45, 7) is 0. The molecule has 0 aliphatic carbocycles. The molecule has 8 heteroatoms. The number of nitrogen functional groups attached to an aromatic ring is 1. The summed E-state index contributed by atoms with van der Waals surface area (Å²) in [5.41, 5.74) is 5.54. The van der Waals surface area contributed by atoms with Crippen LogP contribution in [0.25, 0.3) is 0 Å². The highest BCUT2D eigenvalue weighted by Gasteiger charge is 2.20. The molecule has 0 aliphatic rings. The molecule has 0 bridgehead atoms. The van der Waals surface area contributed by atoms with Crippen molar-refractivity contribution in [3.8, 4) is 6.07 Å². The van der Waals surface area contributed by atoms with E-state index in [4.69, 9.17) is 22.6 Å². The summed E-state index contributed by atoms with van der Waals surface area (Å²) in [6, 6.07) is 9.11. The number of nitriles is 1. The van der Waals surface area contributed by atoms with Crippen LogP contribution in [0.4, 0.5) is 15.8 Å². The molecule has 0 spiro atoms. The molecule has 0 amide bonds. The molecule has 108 valence electrons. The third-order valence-corrected chi connectivity index (χ3v) is 4.44. The van der Waals surface area contributed by atoms with Gasteiger partial charge < -0.3 is 5.73 Å². The van der Waals surface area contributed by atoms with Crippen molar-refractivity contribution in [1.29, 1.82) is 5.26 Å². The molecular formula is C13H9ClFN3O2S. The number of hydrogen-bond donors (Lipinski definition) is 2. The van der Waals surface area contributed by atoms with Gasteiger partial charge in [-0.1, -0.05) is 11.6 Å². The Morgan fingerprint density at radius 1 is 1.24 bits per heavy atom. The zero-order chi connectivity index (χ0) is 15.6. The van der Waals surface area contributed by atoms with Crippen LogP contribution in [0.3, 0.4) is 0 Å². The minimum atomic E-state index is -4.08. The first-order valence-electron chi connectivity index (χ1n) is 5.61. The molecule has 0 saturated heterocycles. The molecule has 0 aliphatic heterocycles. The number of nitrogens with zero attached hydrogens (tertiary/aromatic N) is 1. The third kappa shape index (κ3) is 3.24. The maximum atomic E-state index is 13.6. The third-order valence-electron chi connectivity index (χ3n) is 2.59. The van der Waals surface area contributed by atoms with Crippen molar-refractivity contribution in [3.05, 3.63) is 52.8 Å². The van der Waals surface area contributed by atoms with Gasteiger partial charge in [0.1, 0.15) is 10.7 Å². The number of rotatable bonds is 3. The summed E-state index contributed by atoms with van der Waals surface area (Å²) < 4.78 is 40.1. The van der Waals surface area contributed by atoms with Crippen molar-refractivity contribution >= 4 is 33.0 Å². The highest BCUT2D eigenvalue weighted by atomic mass is 35.5. The lowest BCUT2D eigenvalue weighted by Crippen LogP contribution is -2.14. The van der Waals surface area contributed by atoms with E-state index in [2.05, 4.69) is 4.72 Å². The van der Waals surface area contributed by atoms with Gasteiger partial charge in [0.15, 0.2) is 0 Å². The van der Waals surface area contributed by atoms with Crippen molar-refractivity contribution < 1.29 is 12.8 Å². The first-order valence-corrected chi connectivity index (χ1v) is 7.47. The van der Waals surface area contributed by atoms with Crippen LogP contribution >= 0.6 is 11.6 Å². The van der Waals surface area contributed by atoms with Crippen molar-refractivity contribution in [3.63, 3.8) is 0 Å². The molecule has 5 nitrogen and oxygen atoms in total. The molecule has 0 heterocycles. The minimum absolute atomic E-state index is 0.127. The second-order valence-corrected chi connectivity index (χ2v) is 6.16. The number of hydrogen-bond acceptors (Lipinski definition) is 4. The Morgan fingerprint density at radius 2 is 1.95 bits per heavy atom. The van der Waals surface area contributed by atoms with E-state index in [0.29, 0.717) is 0 Å². The van der Waals surface area contributed by atoms with Crippen LogP contribution in [0.1, 0.15) is 5.56 Å². The van der Waals surface area contributed by atoms with Gasteiger partial charge in [-0.15, -0.1) is 0 Å². The first kappa shape index (κ1) is 15.1. The second-order valence-electron chi connectivity index (χ2n) is 4.10. The zero-order valence-corrected chi connectivity index (χ0v) is 12.0. The van der Waals surface area contributed by atoms with Crippen LogP contribution in [-0.4, -0.2) is 8.42 Å². The van der Waals surface area contributed by atoms with Crippen LogP contribution in [0.5, 0.6) is 0 Å². The van der Waals surface area contributed by atoms with Gasteiger partial charge in [0.25, 0.3) is 10.0 Å². The largest absolute Gasteiger partial charge is 0.399 e. The number of nitrogens with one attached hydrogen (secondary N) is 1. The van der Waals surface area contributed by atoms with E-state index in [1.807, 2.05) is 6.07 Å². The zero-order valence-electron chi connectivity index (χ0n) is 10.5. The minimum Gasteiger partial charge on any atom is -0.399 e. The monoisotopic (exact) mass is 325 g/mol. The van der Waals surface area contributed by atoms with E-state index < -0.39 is 15.8 Å². The van der Waals surface area contributed by atoms with Gasteiger partial charge in [0, 0.05) is 5.69 Å². The van der Waals surface area contributed by atoms with Crippen molar-refractivity contribution in [2.24, 2.45) is 0 Å². The van der Waals surface area contributed by atoms with Gasteiger partial charge in [0.05, 0.1) is 22.3 Å². The van der Waals surface area contributed by atoms with Crippen LogP contribution in [-0.2, 0) is 10.0 Å². The number of anilines is 2. The van der Waals surface area contributed by atoms with E-state index in [1.165, 1.54) is 30.3 Å². The van der Waals surface area contributed by atoms with Gasteiger partial charge >= 0.3 is 0 Å². The normalized spacial score (nSPS) is 10.9. The highest BCUT2D eigenvalue weighted by molar-refractivity contribution is 7.92. The van der Waals surface area contributed by atoms with Gasteiger partial charge in [0.2, 0.25) is 0 Å². The molecule has 0 atom stereocenters. The maximum Gasteiger partial charge on any atom is 0.263 e. The predicted molar refractivity (Wildman–Crippen MR) is 77.8 cm³/mol. The topological polar surface area (TPSA) is 96.0 Å². The molecule has 0 saturated carbocycles. The molecule has 3 N–H and O–H groups in total. The summed E-state index contributed by atoms with van der Waals surface area (Å²) in [7, 11) is -4.08. The Labute approximate surface area is 125 Å². The molecule has 21 heavy (non-hydrogen) atoms. The van der Waals surface area contributed by atoms with E-state index in [9.17, 15) is 12.8 Å². The Bertz CT molecular complexity index is 847. The average Bonchev–Trinajstić information content (AvgIpc) is 2.41. The van der Waals surface area contributed by atoms with Crippen LogP contribution in [0.15, 0.2) is 41.3 Å². The number of nitrogens with two attached hydrogens (primary N) is 1. The summed E-state index contributed by atoms with van der Waals surface area (Å²) >= 11 is 5.84. The van der Waals surface area contributed by atoms with Crippen LogP contribution in [0.2, 0.25) is 5.02 Å². The van der Waals surface area contributed by atoms with Crippen molar-refractivity contribution in [2.75, 3.05) is 10.5 Å². The smallest absolute Gasteiger partial charge is 0.263 e. The molecule has 0 radical (unpaired) electrons. The molecule has 0 aromatic heterocycles. The molecule has 2 aromatic carbocycles. The molecular weight excluding hydrogens is 317 g/mol. The lowest BCUT2D eigenvalue weighted by molar-refractivity contribution is 0.598. The first-order chi connectivity index (χ1) is 9.83. The second kappa shape index (κ2) is 5.60. The highest BCUT2D eigenvalue weighted by Crippen LogP contribution is 2.26. The Kier molecular flexibility index (Phi) is 4.02. The fraction of sp³-hybridized carbons (Fsp3) is 0. The van der Waals surface area contributed by atoms with Crippen LogP contribution in [0, 0.1) is 17.1 Å².